The van der Waals surface area contributed by atoms with Crippen molar-refractivity contribution in [2.45, 2.75) is 32.6 Å². The van der Waals surface area contributed by atoms with E-state index < -0.39 is 0 Å². The van der Waals surface area contributed by atoms with Crippen LogP contribution in [0, 0.1) is 11.8 Å². The van der Waals surface area contributed by atoms with Gasteiger partial charge < -0.3 is 4.74 Å². The van der Waals surface area contributed by atoms with Gasteiger partial charge in [-0.3, -0.25) is 0 Å². The largest absolute Gasteiger partial charge is 0.494 e. The van der Waals surface area contributed by atoms with Crippen molar-refractivity contribution in [1.29, 1.82) is 0 Å². The normalized spacial score (nSPS) is 10.8. The van der Waals surface area contributed by atoms with Crippen LogP contribution in [0.25, 0.3) is 32.7 Å². The third-order valence-electron chi connectivity index (χ3n) is 6.41. The minimum Gasteiger partial charge on any atom is -0.494 e. The average Bonchev–Trinajstić information content (AvgIpc) is 2.91. The third kappa shape index (κ3) is 5.56. The molecule has 35 heavy (non-hydrogen) atoms. The monoisotopic (exact) mass is 454 g/mol. The Hall–Kier alpha value is -4.02. The zero-order chi connectivity index (χ0) is 23.9. The van der Waals surface area contributed by atoms with Crippen LogP contribution in [-0.2, 0) is 0 Å². The first-order valence-electron chi connectivity index (χ1n) is 12.6. The van der Waals surface area contributed by atoms with Crippen LogP contribution in [0.1, 0.15) is 43.7 Å². The molecule has 0 amide bonds. The average molecular weight is 455 g/mol. The quantitative estimate of drug-likeness (QED) is 0.135. The highest BCUT2D eigenvalue weighted by atomic mass is 16.5. The van der Waals surface area contributed by atoms with Crippen molar-refractivity contribution >= 4 is 21.5 Å². The molecule has 172 valence electrons. The van der Waals surface area contributed by atoms with Crippen molar-refractivity contribution < 1.29 is 4.74 Å². The summed E-state index contributed by atoms with van der Waals surface area (Å²) in [6.07, 6.45) is 4.86. The lowest BCUT2D eigenvalue weighted by atomic mass is 9.96. The number of rotatable bonds is 7. The molecule has 0 aromatic heterocycles. The standard InChI is InChI=1S/C34H30O/c1-2-3-4-9-22-35-33-20-15-26(16-21-33)14-17-27-10-7-8-13-34(27)31-19-18-30-23-28-11-5-6-12-29(28)24-32(30)25-31/h5-8,10-13,15-16,18-21,23-25H,2-4,9,22H2,1H3. The van der Waals surface area contributed by atoms with Crippen LogP contribution in [0.4, 0.5) is 0 Å². The maximum atomic E-state index is 5.86. The van der Waals surface area contributed by atoms with Crippen molar-refractivity contribution in [3.05, 3.63) is 114 Å². The smallest absolute Gasteiger partial charge is 0.119 e. The predicted octanol–water partition coefficient (Wildman–Crippen LogP) is 9.02. The number of hydrogen-bond donors (Lipinski definition) is 0. The number of benzene rings is 5. The van der Waals surface area contributed by atoms with Crippen LogP contribution >= 0.6 is 0 Å². The van der Waals surface area contributed by atoms with Crippen LogP contribution in [0.2, 0.25) is 0 Å². The molecule has 5 rings (SSSR count). The summed E-state index contributed by atoms with van der Waals surface area (Å²) in [5.41, 5.74) is 4.36. The predicted molar refractivity (Wildman–Crippen MR) is 149 cm³/mol. The second kappa shape index (κ2) is 10.9. The van der Waals surface area contributed by atoms with Crippen molar-refractivity contribution in [1.82, 2.24) is 0 Å². The first-order chi connectivity index (χ1) is 17.3. The molecule has 0 saturated heterocycles. The van der Waals surface area contributed by atoms with Gasteiger partial charge in [0.05, 0.1) is 6.61 Å². The molecule has 0 saturated carbocycles. The van der Waals surface area contributed by atoms with Gasteiger partial charge in [0.1, 0.15) is 5.75 Å². The van der Waals surface area contributed by atoms with Crippen LogP contribution in [0.15, 0.2) is 103 Å². The molecular formula is C34H30O. The Balaban J connectivity index is 1.36. The lowest BCUT2D eigenvalue weighted by Crippen LogP contribution is -1.96. The van der Waals surface area contributed by atoms with E-state index in [1.54, 1.807) is 0 Å². The zero-order valence-electron chi connectivity index (χ0n) is 20.3. The van der Waals surface area contributed by atoms with E-state index in [1.807, 2.05) is 24.3 Å². The summed E-state index contributed by atoms with van der Waals surface area (Å²) >= 11 is 0. The summed E-state index contributed by atoms with van der Waals surface area (Å²) in [4.78, 5) is 0. The summed E-state index contributed by atoms with van der Waals surface area (Å²) in [7, 11) is 0. The Labute approximate surface area is 208 Å². The summed E-state index contributed by atoms with van der Waals surface area (Å²) < 4.78 is 5.86. The Morgan fingerprint density at radius 3 is 2.11 bits per heavy atom. The van der Waals surface area contributed by atoms with Gasteiger partial charge in [-0.25, -0.2) is 0 Å². The van der Waals surface area contributed by atoms with E-state index in [9.17, 15) is 0 Å². The fourth-order valence-corrected chi connectivity index (χ4v) is 4.44. The second-order valence-corrected chi connectivity index (χ2v) is 8.99. The molecule has 0 heterocycles. The number of ether oxygens (including phenoxy) is 1. The molecule has 1 nitrogen and oxygen atoms in total. The Kier molecular flexibility index (Phi) is 7.11. The van der Waals surface area contributed by atoms with E-state index in [-0.39, 0.29) is 0 Å². The molecule has 0 aliphatic rings. The van der Waals surface area contributed by atoms with Gasteiger partial charge >= 0.3 is 0 Å². The van der Waals surface area contributed by atoms with E-state index in [0.29, 0.717) is 0 Å². The van der Waals surface area contributed by atoms with Crippen LogP contribution in [-0.4, -0.2) is 6.61 Å². The van der Waals surface area contributed by atoms with Gasteiger partial charge in [-0.2, -0.15) is 0 Å². The molecule has 5 aromatic carbocycles. The molecule has 0 atom stereocenters. The Morgan fingerprint density at radius 2 is 1.31 bits per heavy atom. The molecule has 0 unspecified atom stereocenters. The lowest BCUT2D eigenvalue weighted by Gasteiger charge is -2.08. The highest BCUT2D eigenvalue weighted by Crippen LogP contribution is 2.29. The highest BCUT2D eigenvalue weighted by molar-refractivity contribution is 5.99. The van der Waals surface area contributed by atoms with Crippen LogP contribution in [0.5, 0.6) is 5.75 Å². The maximum absolute atomic E-state index is 5.86. The van der Waals surface area contributed by atoms with Crippen LogP contribution < -0.4 is 4.74 Å². The molecule has 0 spiro atoms. The fourth-order valence-electron chi connectivity index (χ4n) is 4.44. The van der Waals surface area contributed by atoms with Crippen molar-refractivity contribution in [2.75, 3.05) is 6.61 Å². The van der Waals surface area contributed by atoms with E-state index in [1.165, 1.54) is 46.4 Å². The van der Waals surface area contributed by atoms with Gasteiger partial charge in [0.2, 0.25) is 0 Å². The maximum Gasteiger partial charge on any atom is 0.119 e. The van der Waals surface area contributed by atoms with Gasteiger partial charge in [-0.1, -0.05) is 92.6 Å². The molecule has 5 aromatic rings. The van der Waals surface area contributed by atoms with E-state index in [4.69, 9.17) is 4.74 Å². The molecule has 0 radical (unpaired) electrons. The molecule has 1 heteroatoms. The third-order valence-corrected chi connectivity index (χ3v) is 6.41. The minimum absolute atomic E-state index is 0.778. The van der Waals surface area contributed by atoms with E-state index in [0.717, 1.165) is 35.5 Å². The van der Waals surface area contributed by atoms with Crippen molar-refractivity contribution in [3.63, 3.8) is 0 Å². The molecule has 0 fully saturated rings. The van der Waals surface area contributed by atoms with Crippen LogP contribution in [0.3, 0.4) is 0 Å². The minimum atomic E-state index is 0.778. The summed E-state index contributed by atoms with van der Waals surface area (Å²) in [5.74, 6) is 7.65. The SMILES string of the molecule is CCCCCCOc1ccc(C#Cc2ccccc2-c2ccc3cc4ccccc4cc3c2)cc1. The van der Waals surface area contributed by atoms with Gasteiger partial charge in [-0.05, 0) is 87.6 Å². The number of unbranched alkanes of at least 4 members (excludes halogenated alkanes) is 3. The molecule has 0 N–H and O–H groups in total. The summed E-state index contributed by atoms with van der Waals surface area (Å²) in [6.45, 7) is 3.00. The highest BCUT2D eigenvalue weighted by Gasteiger charge is 2.05. The summed E-state index contributed by atoms with van der Waals surface area (Å²) in [5, 5.41) is 5.03. The Morgan fingerprint density at radius 1 is 0.600 bits per heavy atom. The van der Waals surface area contributed by atoms with E-state index in [2.05, 4.69) is 97.6 Å². The van der Waals surface area contributed by atoms with E-state index >= 15 is 0 Å². The first-order valence-corrected chi connectivity index (χ1v) is 12.6. The molecule has 0 bridgehead atoms. The zero-order valence-corrected chi connectivity index (χ0v) is 20.3. The van der Waals surface area contributed by atoms with Gasteiger partial charge in [0, 0.05) is 11.1 Å². The summed E-state index contributed by atoms with van der Waals surface area (Å²) in [6, 6.07) is 36.2. The van der Waals surface area contributed by atoms with Gasteiger partial charge in [-0.15, -0.1) is 0 Å². The lowest BCUT2D eigenvalue weighted by molar-refractivity contribution is 0.305. The molecule has 0 aliphatic carbocycles. The Bertz CT molecular complexity index is 1500. The fraction of sp³-hybridized carbons (Fsp3) is 0.176. The van der Waals surface area contributed by atoms with Crippen molar-refractivity contribution in [3.8, 4) is 28.7 Å². The van der Waals surface area contributed by atoms with Crippen molar-refractivity contribution in [2.24, 2.45) is 0 Å². The number of fused-ring (bicyclic) bond motifs is 2. The molecule has 0 aliphatic heterocycles. The topological polar surface area (TPSA) is 9.23 Å². The van der Waals surface area contributed by atoms with Gasteiger partial charge in [0.15, 0.2) is 0 Å². The second-order valence-electron chi connectivity index (χ2n) is 8.99. The van der Waals surface area contributed by atoms with Gasteiger partial charge in [0.25, 0.3) is 0 Å². The first kappa shape index (κ1) is 22.8. The number of hydrogen-bond acceptors (Lipinski definition) is 1. The molecular weight excluding hydrogens is 424 g/mol.